The summed E-state index contributed by atoms with van der Waals surface area (Å²) in [5.41, 5.74) is 0.639. The van der Waals surface area contributed by atoms with Crippen molar-refractivity contribution in [3.8, 4) is 0 Å². The third-order valence-corrected chi connectivity index (χ3v) is 3.70. The molecule has 2 rings (SSSR count). The molecular weight excluding hydrogens is 352 g/mol. The summed E-state index contributed by atoms with van der Waals surface area (Å²) in [6, 6.07) is 5.52. The van der Waals surface area contributed by atoms with Crippen molar-refractivity contribution < 1.29 is 9.53 Å². The molecule has 0 saturated carbocycles. The normalized spacial score (nSPS) is 23.7. The molecular formula is C12H13ClINO2. The zero-order chi connectivity index (χ0) is 12.4. The van der Waals surface area contributed by atoms with E-state index in [2.05, 4.69) is 27.9 Å². The lowest BCUT2D eigenvalue weighted by Crippen LogP contribution is -2.27. The van der Waals surface area contributed by atoms with E-state index in [-0.39, 0.29) is 18.1 Å². The molecule has 3 nitrogen and oxygen atoms in total. The van der Waals surface area contributed by atoms with E-state index in [0.717, 1.165) is 16.4 Å². The number of halogens is 2. The van der Waals surface area contributed by atoms with Crippen molar-refractivity contribution in [2.24, 2.45) is 0 Å². The number of carbonyl (C=O) groups is 1. The van der Waals surface area contributed by atoms with Crippen LogP contribution in [-0.2, 0) is 9.53 Å². The average Bonchev–Trinajstić information content (AvgIpc) is 2.69. The molecule has 1 fully saturated rings. The van der Waals surface area contributed by atoms with E-state index in [1.165, 1.54) is 0 Å². The van der Waals surface area contributed by atoms with Gasteiger partial charge in [-0.2, -0.15) is 0 Å². The van der Waals surface area contributed by atoms with Crippen molar-refractivity contribution in [2.45, 2.75) is 32.0 Å². The third-order valence-electron chi connectivity index (χ3n) is 2.71. The van der Waals surface area contributed by atoms with Crippen LogP contribution < -0.4 is 5.32 Å². The molecule has 1 aliphatic heterocycles. The van der Waals surface area contributed by atoms with Gasteiger partial charge < -0.3 is 10.1 Å². The van der Waals surface area contributed by atoms with Crippen molar-refractivity contribution in [3.63, 3.8) is 0 Å². The molecule has 1 amide bonds. The van der Waals surface area contributed by atoms with E-state index in [9.17, 15) is 4.79 Å². The highest BCUT2D eigenvalue weighted by Crippen LogP contribution is 2.26. The molecule has 5 heteroatoms. The topological polar surface area (TPSA) is 38.3 Å². The number of ether oxygens (including phenoxy) is 1. The standard InChI is InChI=1S/C12H13ClINO2/c1-7-2-5-11(17-7)12(16)15-10-4-3-8(14)6-9(10)13/h3-4,6-7,11H,2,5H2,1H3,(H,15,16). The van der Waals surface area contributed by atoms with Gasteiger partial charge in [0, 0.05) is 3.57 Å². The summed E-state index contributed by atoms with van der Waals surface area (Å²) in [5, 5.41) is 3.35. The van der Waals surface area contributed by atoms with Crippen molar-refractivity contribution in [1.82, 2.24) is 0 Å². The predicted octanol–water partition coefficient (Wildman–Crippen LogP) is 3.45. The summed E-state index contributed by atoms with van der Waals surface area (Å²) in [6.07, 6.45) is 1.52. The van der Waals surface area contributed by atoms with Crippen LogP contribution in [0.1, 0.15) is 19.8 Å². The largest absolute Gasteiger partial charge is 0.365 e. The molecule has 2 atom stereocenters. The Morgan fingerprint density at radius 2 is 2.29 bits per heavy atom. The maximum Gasteiger partial charge on any atom is 0.253 e. The Bertz CT molecular complexity index is 439. The van der Waals surface area contributed by atoms with Crippen LogP contribution in [0.5, 0.6) is 0 Å². The molecule has 1 aliphatic rings. The minimum absolute atomic E-state index is 0.113. The van der Waals surface area contributed by atoms with Gasteiger partial charge in [0.2, 0.25) is 0 Å². The van der Waals surface area contributed by atoms with E-state index in [0.29, 0.717) is 10.7 Å². The summed E-state index contributed by atoms with van der Waals surface area (Å²) in [4.78, 5) is 11.9. The highest BCUT2D eigenvalue weighted by molar-refractivity contribution is 14.1. The molecule has 1 saturated heterocycles. The second-order valence-corrected chi connectivity index (χ2v) is 5.78. The van der Waals surface area contributed by atoms with Crippen LogP contribution in [0.2, 0.25) is 5.02 Å². The number of nitrogens with one attached hydrogen (secondary N) is 1. The summed E-state index contributed by atoms with van der Waals surface area (Å²) in [5.74, 6) is -0.113. The van der Waals surface area contributed by atoms with Gasteiger partial charge in [-0.1, -0.05) is 11.6 Å². The molecule has 0 radical (unpaired) electrons. The first-order valence-electron chi connectivity index (χ1n) is 5.47. The molecule has 0 aliphatic carbocycles. The van der Waals surface area contributed by atoms with Crippen LogP contribution in [-0.4, -0.2) is 18.1 Å². The van der Waals surface area contributed by atoms with Gasteiger partial charge in [-0.25, -0.2) is 0 Å². The fourth-order valence-electron chi connectivity index (χ4n) is 1.80. The van der Waals surface area contributed by atoms with E-state index in [1.54, 1.807) is 6.07 Å². The number of benzene rings is 1. The van der Waals surface area contributed by atoms with Crippen molar-refractivity contribution in [1.29, 1.82) is 0 Å². The zero-order valence-electron chi connectivity index (χ0n) is 9.37. The first-order valence-corrected chi connectivity index (χ1v) is 6.93. The molecule has 1 aromatic rings. The van der Waals surface area contributed by atoms with Gasteiger partial charge in [0.1, 0.15) is 6.10 Å². The fraction of sp³-hybridized carbons (Fsp3) is 0.417. The molecule has 1 N–H and O–H groups in total. The minimum atomic E-state index is -0.347. The van der Waals surface area contributed by atoms with Crippen LogP contribution in [0.25, 0.3) is 0 Å². The molecule has 17 heavy (non-hydrogen) atoms. The molecule has 0 aromatic heterocycles. The number of hydrogen-bond donors (Lipinski definition) is 1. The maximum atomic E-state index is 11.9. The quantitative estimate of drug-likeness (QED) is 0.815. The van der Waals surface area contributed by atoms with Crippen molar-refractivity contribution in [2.75, 3.05) is 5.32 Å². The number of amides is 1. The Morgan fingerprint density at radius 3 is 2.88 bits per heavy atom. The third kappa shape index (κ3) is 3.33. The minimum Gasteiger partial charge on any atom is -0.365 e. The smallest absolute Gasteiger partial charge is 0.253 e. The SMILES string of the molecule is CC1CCC(C(=O)Nc2ccc(I)cc2Cl)O1. The monoisotopic (exact) mass is 365 g/mol. The van der Waals surface area contributed by atoms with Crippen molar-refractivity contribution >= 4 is 45.8 Å². The first kappa shape index (κ1) is 13.1. The van der Waals surface area contributed by atoms with Crippen LogP contribution in [0.4, 0.5) is 5.69 Å². The van der Waals surface area contributed by atoms with Gasteiger partial charge in [-0.05, 0) is 60.6 Å². The lowest BCUT2D eigenvalue weighted by molar-refractivity contribution is -0.126. The summed E-state index contributed by atoms with van der Waals surface area (Å²) < 4.78 is 6.54. The van der Waals surface area contributed by atoms with Crippen LogP contribution >= 0.6 is 34.2 Å². The Kier molecular flexibility index (Phi) is 4.27. The number of anilines is 1. The molecule has 1 heterocycles. The Balaban J connectivity index is 2.03. The van der Waals surface area contributed by atoms with Gasteiger partial charge in [0.15, 0.2) is 0 Å². The van der Waals surface area contributed by atoms with E-state index in [4.69, 9.17) is 16.3 Å². The summed E-state index contributed by atoms with van der Waals surface area (Å²) in [6.45, 7) is 1.98. The zero-order valence-corrected chi connectivity index (χ0v) is 12.3. The molecule has 1 aromatic carbocycles. The number of rotatable bonds is 2. The fourth-order valence-corrected chi connectivity index (χ4v) is 2.70. The Labute approximate surface area is 119 Å². The van der Waals surface area contributed by atoms with Crippen LogP contribution in [0.15, 0.2) is 18.2 Å². The van der Waals surface area contributed by atoms with E-state index < -0.39 is 0 Å². The molecule has 0 bridgehead atoms. The second-order valence-electron chi connectivity index (χ2n) is 4.13. The van der Waals surface area contributed by atoms with Crippen LogP contribution in [0, 0.1) is 3.57 Å². The van der Waals surface area contributed by atoms with Gasteiger partial charge in [-0.3, -0.25) is 4.79 Å². The molecule has 92 valence electrons. The average molecular weight is 366 g/mol. The Morgan fingerprint density at radius 1 is 1.53 bits per heavy atom. The maximum absolute atomic E-state index is 11.9. The second kappa shape index (κ2) is 5.54. The van der Waals surface area contributed by atoms with Gasteiger partial charge in [0.25, 0.3) is 5.91 Å². The van der Waals surface area contributed by atoms with Gasteiger partial charge >= 0.3 is 0 Å². The van der Waals surface area contributed by atoms with E-state index >= 15 is 0 Å². The van der Waals surface area contributed by atoms with Crippen molar-refractivity contribution in [3.05, 3.63) is 26.8 Å². The number of carbonyl (C=O) groups excluding carboxylic acids is 1. The highest BCUT2D eigenvalue weighted by atomic mass is 127. The van der Waals surface area contributed by atoms with Crippen LogP contribution in [0.3, 0.4) is 0 Å². The first-order chi connectivity index (χ1) is 8.06. The van der Waals surface area contributed by atoms with Gasteiger partial charge in [-0.15, -0.1) is 0 Å². The molecule has 0 spiro atoms. The lowest BCUT2D eigenvalue weighted by atomic mass is 10.2. The highest BCUT2D eigenvalue weighted by Gasteiger charge is 2.28. The lowest BCUT2D eigenvalue weighted by Gasteiger charge is -2.12. The summed E-state index contributed by atoms with van der Waals surface area (Å²) >= 11 is 8.22. The molecule has 2 unspecified atom stereocenters. The van der Waals surface area contributed by atoms with E-state index in [1.807, 2.05) is 19.1 Å². The summed E-state index contributed by atoms with van der Waals surface area (Å²) in [7, 11) is 0. The number of hydrogen-bond acceptors (Lipinski definition) is 2. The Hall–Kier alpha value is -0.330. The predicted molar refractivity (Wildman–Crippen MR) is 76.4 cm³/mol. The van der Waals surface area contributed by atoms with Gasteiger partial charge in [0.05, 0.1) is 16.8 Å².